The summed E-state index contributed by atoms with van der Waals surface area (Å²) in [6.45, 7) is 12.7. The molecule has 0 rings (SSSR count). The molecule has 0 fully saturated rings. The minimum atomic E-state index is -1.31. The van der Waals surface area contributed by atoms with E-state index in [1.165, 1.54) is 5.57 Å². The Bertz CT molecular complexity index is 245. The SMILES string of the molecule is C=C/C(=C\C(C)=C(C)C)C(C)(C)F. The Balaban J connectivity index is 5.01. The molecule has 0 saturated carbocycles. The normalized spacial score (nSPS) is 12.6. The highest BCUT2D eigenvalue weighted by Gasteiger charge is 2.18. The van der Waals surface area contributed by atoms with Gasteiger partial charge in [0, 0.05) is 0 Å². The number of allylic oxidation sites excluding steroid dienone is 5. The second kappa shape index (κ2) is 4.40. The van der Waals surface area contributed by atoms with E-state index in [2.05, 4.69) is 6.58 Å². The fraction of sp³-hybridized carbons (Fsp3) is 0.500. The maximum absolute atomic E-state index is 13.5. The molecule has 0 aromatic rings. The number of alkyl halides is 1. The predicted molar refractivity (Wildman–Crippen MR) is 57.5 cm³/mol. The Labute approximate surface area is 80.9 Å². The van der Waals surface area contributed by atoms with Crippen LogP contribution in [0.15, 0.2) is 35.5 Å². The van der Waals surface area contributed by atoms with Crippen LogP contribution in [0, 0.1) is 0 Å². The molecule has 74 valence electrons. The van der Waals surface area contributed by atoms with Crippen LogP contribution in [0.5, 0.6) is 0 Å². The summed E-state index contributed by atoms with van der Waals surface area (Å²) in [5.74, 6) is 0. The molecule has 0 atom stereocenters. The molecule has 0 saturated heterocycles. The smallest absolute Gasteiger partial charge is 0.130 e. The number of halogens is 1. The summed E-state index contributed by atoms with van der Waals surface area (Å²) >= 11 is 0. The molecule has 0 aromatic heterocycles. The molecule has 0 aromatic carbocycles. The first-order chi connectivity index (χ1) is 5.79. The average Bonchev–Trinajstić information content (AvgIpc) is 1.96. The Kier molecular flexibility index (Phi) is 4.12. The number of rotatable bonds is 3. The third kappa shape index (κ3) is 4.07. The maximum atomic E-state index is 13.5. The molecule has 1 heteroatoms. The molecular weight excluding hydrogens is 163 g/mol. The zero-order chi connectivity index (χ0) is 10.6. The van der Waals surface area contributed by atoms with Crippen molar-refractivity contribution in [1.82, 2.24) is 0 Å². The lowest BCUT2D eigenvalue weighted by Crippen LogP contribution is -2.14. The molecule has 0 bridgehead atoms. The Morgan fingerprint density at radius 1 is 1.23 bits per heavy atom. The molecule has 0 aliphatic carbocycles. The summed E-state index contributed by atoms with van der Waals surface area (Å²) in [5, 5.41) is 0. The third-order valence-electron chi connectivity index (χ3n) is 2.07. The van der Waals surface area contributed by atoms with E-state index in [0.29, 0.717) is 5.57 Å². The Morgan fingerprint density at radius 3 is 1.92 bits per heavy atom. The van der Waals surface area contributed by atoms with Crippen LogP contribution < -0.4 is 0 Å². The van der Waals surface area contributed by atoms with Crippen molar-refractivity contribution in [3.8, 4) is 0 Å². The van der Waals surface area contributed by atoms with Crippen LogP contribution in [0.3, 0.4) is 0 Å². The highest BCUT2D eigenvalue weighted by Crippen LogP contribution is 2.23. The van der Waals surface area contributed by atoms with Crippen molar-refractivity contribution in [3.05, 3.63) is 35.5 Å². The molecule has 0 aliphatic rings. The Morgan fingerprint density at radius 2 is 1.69 bits per heavy atom. The van der Waals surface area contributed by atoms with Gasteiger partial charge in [0.1, 0.15) is 5.67 Å². The van der Waals surface area contributed by atoms with Gasteiger partial charge in [0.2, 0.25) is 0 Å². The highest BCUT2D eigenvalue weighted by molar-refractivity contribution is 5.35. The first-order valence-electron chi connectivity index (χ1n) is 4.46. The first kappa shape index (κ1) is 12.2. The molecule has 0 nitrogen and oxygen atoms in total. The minimum Gasteiger partial charge on any atom is -0.239 e. The van der Waals surface area contributed by atoms with E-state index in [1.807, 2.05) is 26.8 Å². The third-order valence-corrected chi connectivity index (χ3v) is 2.07. The quantitative estimate of drug-likeness (QED) is 0.574. The van der Waals surface area contributed by atoms with Crippen LogP contribution >= 0.6 is 0 Å². The van der Waals surface area contributed by atoms with Gasteiger partial charge in [0.25, 0.3) is 0 Å². The predicted octanol–water partition coefficient (Wildman–Crippen LogP) is 4.20. The molecule has 0 heterocycles. The number of hydrogen-bond acceptors (Lipinski definition) is 0. The first-order valence-corrected chi connectivity index (χ1v) is 4.46. The maximum Gasteiger partial charge on any atom is 0.130 e. The molecule has 0 spiro atoms. The highest BCUT2D eigenvalue weighted by atomic mass is 19.1. The molecule has 0 amide bonds. The topological polar surface area (TPSA) is 0 Å². The van der Waals surface area contributed by atoms with Gasteiger partial charge < -0.3 is 0 Å². The molecular formula is C12H19F. The number of hydrogen-bond donors (Lipinski definition) is 0. The van der Waals surface area contributed by atoms with Crippen molar-refractivity contribution < 1.29 is 4.39 Å². The summed E-state index contributed by atoms with van der Waals surface area (Å²) < 4.78 is 13.5. The zero-order valence-electron chi connectivity index (χ0n) is 9.24. The van der Waals surface area contributed by atoms with Gasteiger partial charge in [-0.1, -0.05) is 29.9 Å². The van der Waals surface area contributed by atoms with Gasteiger partial charge in [-0.3, -0.25) is 0 Å². The Hall–Kier alpha value is -0.850. The summed E-state index contributed by atoms with van der Waals surface area (Å²) in [5.41, 5.74) is 1.62. The van der Waals surface area contributed by atoms with Gasteiger partial charge in [-0.25, -0.2) is 4.39 Å². The van der Waals surface area contributed by atoms with E-state index in [4.69, 9.17) is 0 Å². The van der Waals surface area contributed by atoms with E-state index in [9.17, 15) is 4.39 Å². The van der Waals surface area contributed by atoms with Crippen molar-refractivity contribution in [2.75, 3.05) is 0 Å². The van der Waals surface area contributed by atoms with E-state index in [0.717, 1.165) is 5.57 Å². The van der Waals surface area contributed by atoms with Crippen LogP contribution in [-0.2, 0) is 0 Å². The second-order valence-corrected chi connectivity index (χ2v) is 3.96. The summed E-state index contributed by atoms with van der Waals surface area (Å²) in [6.07, 6.45) is 3.43. The van der Waals surface area contributed by atoms with Gasteiger partial charge >= 0.3 is 0 Å². The van der Waals surface area contributed by atoms with E-state index in [1.54, 1.807) is 19.9 Å². The average molecular weight is 182 g/mol. The van der Waals surface area contributed by atoms with Crippen molar-refractivity contribution in [3.63, 3.8) is 0 Å². The van der Waals surface area contributed by atoms with Gasteiger partial charge in [0.05, 0.1) is 0 Å². The zero-order valence-corrected chi connectivity index (χ0v) is 9.24. The molecule has 0 unspecified atom stereocenters. The summed E-state index contributed by atoms with van der Waals surface area (Å²) in [4.78, 5) is 0. The second-order valence-electron chi connectivity index (χ2n) is 3.96. The minimum absolute atomic E-state index is 0.631. The van der Waals surface area contributed by atoms with Crippen LogP contribution in [0.4, 0.5) is 4.39 Å². The monoisotopic (exact) mass is 182 g/mol. The van der Waals surface area contributed by atoms with Gasteiger partial charge in [-0.05, 0) is 40.2 Å². The van der Waals surface area contributed by atoms with Gasteiger partial charge in [-0.15, -0.1) is 0 Å². The van der Waals surface area contributed by atoms with Gasteiger partial charge in [-0.2, -0.15) is 0 Å². The van der Waals surface area contributed by atoms with E-state index >= 15 is 0 Å². The van der Waals surface area contributed by atoms with Gasteiger partial charge in [0.15, 0.2) is 0 Å². The largest absolute Gasteiger partial charge is 0.239 e. The van der Waals surface area contributed by atoms with Crippen LogP contribution in [-0.4, -0.2) is 5.67 Å². The van der Waals surface area contributed by atoms with Crippen molar-refractivity contribution in [2.24, 2.45) is 0 Å². The fourth-order valence-electron chi connectivity index (χ4n) is 0.851. The van der Waals surface area contributed by atoms with Crippen molar-refractivity contribution in [1.29, 1.82) is 0 Å². The standard InChI is InChI=1S/C12H19F/c1-7-11(12(5,6)13)8-10(4)9(2)3/h7-8H,1H2,2-6H3/b11-8+. The van der Waals surface area contributed by atoms with E-state index in [-0.39, 0.29) is 0 Å². The van der Waals surface area contributed by atoms with Crippen molar-refractivity contribution >= 4 is 0 Å². The summed E-state index contributed by atoms with van der Waals surface area (Å²) in [6, 6.07) is 0. The lowest BCUT2D eigenvalue weighted by atomic mass is 9.97. The lowest BCUT2D eigenvalue weighted by Gasteiger charge is -2.16. The fourth-order valence-corrected chi connectivity index (χ4v) is 0.851. The summed E-state index contributed by atoms with van der Waals surface area (Å²) in [7, 11) is 0. The van der Waals surface area contributed by atoms with Crippen LogP contribution in [0.25, 0.3) is 0 Å². The lowest BCUT2D eigenvalue weighted by molar-refractivity contribution is 0.274. The van der Waals surface area contributed by atoms with Crippen molar-refractivity contribution in [2.45, 2.75) is 40.3 Å². The van der Waals surface area contributed by atoms with Crippen LogP contribution in [0.1, 0.15) is 34.6 Å². The van der Waals surface area contributed by atoms with E-state index < -0.39 is 5.67 Å². The molecule has 0 aliphatic heterocycles. The van der Waals surface area contributed by atoms with Crippen LogP contribution in [0.2, 0.25) is 0 Å². The molecule has 0 N–H and O–H groups in total. The molecule has 13 heavy (non-hydrogen) atoms. The molecule has 0 radical (unpaired) electrons.